The topological polar surface area (TPSA) is 96.8 Å². The molecule has 3 aromatic rings. The highest BCUT2D eigenvalue weighted by molar-refractivity contribution is 7.13. The minimum atomic E-state index is -1.69. The third kappa shape index (κ3) is 5.45. The molecule has 1 atom stereocenters. The maximum absolute atomic E-state index is 13.1. The molecule has 0 saturated heterocycles. The van der Waals surface area contributed by atoms with Gasteiger partial charge < -0.3 is 18.9 Å². The molecule has 1 aromatic carbocycles. The summed E-state index contributed by atoms with van der Waals surface area (Å²) in [6, 6.07) is 9.01. The molecule has 0 spiro atoms. The number of rotatable bonds is 12. The summed E-state index contributed by atoms with van der Waals surface area (Å²) in [5, 5.41) is 2.55. The van der Waals surface area contributed by atoms with E-state index in [1.807, 2.05) is 44.4 Å². The highest BCUT2D eigenvalue weighted by Crippen LogP contribution is 2.38. The number of ketones is 1. The van der Waals surface area contributed by atoms with Gasteiger partial charge in [0.15, 0.2) is 22.7 Å². The number of thiazole rings is 1. The Morgan fingerprint density at radius 1 is 0.971 bits per heavy atom. The van der Waals surface area contributed by atoms with E-state index in [0.717, 1.165) is 10.6 Å². The van der Waals surface area contributed by atoms with Crippen LogP contribution in [0.1, 0.15) is 39.1 Å². The normalized spacial score (nSPS) is 12.5. The summed E-state index contributed by atoms with van der Waals surface area (Å²) >= 11 is 1.41. The van der Waals surface area contributed by atoms with Crippen molar-refractivity contribution in [2.45, 2.75) is 39.5 Å². The predicted molar refractivity (Wildman–Crippen MR) is 133 cm³/mol. The molecule has 2 aromatic heterocycles. The lowest BCUT2D eigenvalue weighted by molar-refractivity contribution is -0.151. The summed E-state index contributed by atoms with van der Waals surface area (Å²) in [6.07, 6.45) is 1.51. The summed E-state index contributed by atoms with van der Waals surface area (Å²) in [7, 11) is 1.25. The molecule has 0 bridgehead atoms. The predicted octanol–water partition coefficient (Wildman–Crippen LogP) is 4.64. The molecular formula is C26H30N2O6S. The summed E-state index contributed by atoms with van der Waals surface area (Å²) < 4.78 is 22.2. The summed E-state index contributed by atoms with van der Waals surface area (Å²) in [4.78, 5) is 35.3. The van der Waals surface area contributed by atoms with Gasteiger partial charge in [-0.15, -0.1) is 11.3 Å². The Kier molecular flexibility index (Phi) is 8.81. The van der Waals surface area contributed by atoms with Gasteiger partial charge in [0.25, 0.3) is 0 Å². The molecule has 3 rings (SSSR count). The third-order valence-electron chi connectivity index (χ3n) is 5.40. The summed E-state index contributed by atoms with van der Waals surface area (Å²) in [6.45, 7) is 8.39. The molecule has 35 heavy (non-hydrogen) atoms. The Hall–Kier alpha value is -3.46. The molecule has 0 saturated carbocycles. The van der Waals surface area contributed by atoms with Crippen LogP contribution in [0.2, 0.25) is 0 Å². The van der Waals surface area contributed by atoms with Crippen molar-refractivity contribution in [3.05, 3.63) is 53.3 Å². The molecule has 0 radical (unpaired) electrons. The standard InChI is InChI=1S/C26H30N2O6S/c1-6-32-20-12-11-18(14-22(20)34-8-3)24-28-19(16-35-24)15-26(17(4)29,25(30)31-5)23-21(33-7-2)10-9-13-27-23/h9-14,16H,6-8,15H2,1-5H3. The molecule has 0 aliphatic heterocycles. The first-order valence-electron chi connectivity index (χ1n) is 11.4. The maximum Gasteiger partial charge on any atom is 0.326 e. The van der Waals surface area contributed by atoms with Gasteiger partial charge in [-0.1, -0.05) is 0 Å². The van der Waals surface area contributed by atoms with E-state index in [9.17, 15) is 9.59 Å². The lowest BCUT2D eigenvalue weighted by Gasteiger charge is -2.28. The van der Waals surface area contributed by atoms with E-state index in [-0.39, 0.29) is 12.1 Å². The van der Waals surface area contributed by atoms with Gasteiger partial charge in [-0.05, 0) is 58.0 Å². The smallest absolute Gasteiger partial charge is 0.326 e. The van der Waals surface area contributed by atoms with Crippen LogP contribution in [0, 0.1) is 0 Å². The molecule has 0 amide bonds. The van der Waals surface area contributed by atoms with Crippen LogP contribution in [0.5, 0.6) is 17.2 Å². The van der Waals surface area contributed by atoms with E-state index >= 15 is 0 Å². The zero-order chi connectivity index (χ0) is 25.4. The fraction of sp³-hybridized carbons (Fsp3) is 0.385. The van der Waals surface area contributed by atoms with E-state index < -0.39 is 17.2 Å². The highest BCUT2D eigenvalue weighted by atomic mass is 32.1. The fourth-order valence-corrected chi connectivity index (χ4v) is 4.64. The van der Waals surface area contributed by atoms with Gasteiger partial charge in [0.1, 0.15) is 16.5 Å². The van der Waals surface area contributed by atoms with Gasteiger partial charge in [0.05, 0.1) is 32.6 Å². The Bertz CT molecular complexity index is 1180. The van der Waals surface area contributed by atoms with Crippen molar-refractivity contribution >= 4 is 23.1 Å². The van der Waals surface area contributed by atoms with E-state index in [2.05, 4.69) is 4.98 Å². The number of methoxy groups -OCH3 is 1. The van der Waals surface area contributed by atoms with Crippen LogP contribution in [0.4, 0.5) is 0 Å². The fourth-order valence-electron chi connectivity index (χ4n) is 3.82. The van der Waals surface area contributed by atoms with Gasteiger partial charge in [0, 0.05) is 23.6 Å². The minimum absolute atomic E-state index is 0.0159. The van der Waals surface area contributed by atoms with Crippen molar-refractivity contribution in [3.8, 4) is 27.8 Å². The lowest BCUT2D eigenvalue weighted by atomic mass is 9.76. The van der Waals surface area contributed by atoms with Gasteiger partial charge in [-0.2, -0.15) is 0 Å². The number of nitrogens with zero attached hydrogens (tertiary/aromatic N) is 2. The van der Waals surface area contributed by atoms with Crippen molar-refractivity contribution in [2.24, 2.45) is 0 Å². The van der Waals surface area contributed by atoms with Crippen LogP contribution in [-0.4, -0.2) is 48.7 Å². The van der Waals surface area contributed by atoms with Gasteiger partial charge in [-0.3, -0.25) is 14.6 Å². The van der Waals surface area contributed by atoms with Gasteiger partial charge in [0.2, 0.25) is 0 Å². The molecule has 0 fully saturated rings. The van der Waals surface area contributed by atoms with E-state index in [1.165, 1.54) is 31.6 Å². The molecule has 186 valence electrons. The average molecular weight is 499 g/mol. The zero-order valence-electron chi connectivity index (χ0n) is 20.6. The minimum Gasteiger partial charge on any atom is -0.492 e. The van der Waals surface area contributed by atoms with E-state index in [0.29, 0.717) is 42.8 Å². The highest BCUT2D eigenvalue weighted by Gasteiger charge is 2.50. The van der Waals surface area contributed by atoms with Crippen LogP contribution in [0.3, 0.4) is 0 Å². The molecule has 2 heterocycles. The maximum atomic E-state index is 13.1. The third-order valence-corrected chi connectivity index (χ3v) is 6.34. The Morgan fingerprint density at radius 3 is 2.31 bits per heavy atom. The number of Topliss-reactive ketones (excluding diaryl/α,β-unsaturated/α-hetero) is 1. The molecule has 0 aliphatic carbocycles. The monoisotopic (exact) mass is 498 g/mol. The number of hydrogen-bond donors (Lipinski definition) is 0. The van der Waals surface area contributed by atoms with Crippen LogP contribution in [0.15, 0.2) is 41.9 Å². The zero-order valence-corrected chi connectivity index (χ0v) is 21.4. The molecule has 0 N–H and O–H groups in total. The number of carbonyl (C=O) groups excluding carboxylic acids is 2. The van der Waals surface area contributed by atoms with Gasteiger partial charge >= 0.3 is 5.97 Å². The number of esters is 1. The van der Waals surface area contributed by atoms with Crippen molar-refractivity contribution in [3.63, 3.8) is 0 Å². The largest absolute Gasteiger partial charge is 0.492 e. The van der Waals surface area contributed by atoms with Crippen molar-refractivity contribution in [2.75, 3.05) is 26.9 Å². The molecular weight excluding hydrogens is 468 g/mol. The number of benzene rings is 1. The number of pyridine rings is 1. The molecule has 9 heteroatoms. The lowest BCUT2D eigenvalue weighted by Crippen LogP contribution is -2.46. The Labute approximate surface area is 209 Å². The Morgan fingerprint density at radius 2 is 1.66 bits per heavy atom. The average Bonchev–Trinajstić information content (AvgIpc) is 3.32. The second kappa shape index (κ2) is 11.8. The molecule has 8 nitrogen and oxygen atoms in total. The number of aromatic nitrogens is 2. The quantitative estimate of drug-likeness (QED) is 0.263. The number of hydrogen-bond acceptors (Lipinski definition) is 9. The van der Waals surface area contributed by atoms with Crippen LogP contribution >= 0.6 is 11.3 Å². The SMILES string of the molecule is CCOc1ccc(-c2nc(CC(C(C)=O)(C(=O)OC)c3ncccc3OCC)cs2)cc1OCC. The van der Waals surface area contributed by atoms with E-state index in [1.54, 1.807) is 12.1 Å². The van der Waals surface area contributed by atoms with E-state index in [4.69, 9.17) is 23.9 Å². The van der Waals surface area contributed by atoms with Gasteiger partial charge in [-0.25, -0.2) is 4.98 Å². The second-order valence-electron chi connectivity index (χ2n) is 7.58. The van der Waals surface area contributed by atoms with Crippen LogP contribution < -0.4 is 14.2 Å². The second-order valence-corrected chi connectivity index (χ2v) is 8.44. The molecule has 0 aliphatic rings. The van der Waals surface area contributed by atoms with Crippen LogP contribution in [0.25, 0.3) is 10.6 Å². The van der Waals surface area contributed by atoms with Crippen LogP contribution in [-0.2, 0) is 26.2 Å². The first-order chi connectivity index (χ1) is 16.9. The van der Waals surface area contributed by atoms with Crippen molar-refractivity contribution in [1.29, 1.82) is 0 Å². The summed E-state index contributed by atoms with van der Waals surface area (Å²) in [5.41, 5.74) is -0.0743. The number of ether oxygens (including phenoxy) is 4. The number of carbonyl (C=O) groups is 2. The summed E-state index contributed by atoms with van der Waals surface area (Å²) in [5.74, 6) is 0.539. The van der Waals surface area contributed by atoms with Crippen molar-refractivity contribution in [1.82, 2.24) is 9.97 Å². The Balaban J connectivity index is 2.04. The first-order valence-corrected chi connectivity index (χ1v) is 12.3. The van der Waals surface area contributed by atoms with Crippen molar-refractivity contribution < 1.29 is 28.5 Å². The first kappa shape index (κ1) is 26.2. The molecule has 1 unspecified atom stereocenters.